The molecule has 0 aromatic carbocycles. The molecule has 1 aliphatic rings. The Balaban J connectivity index is 1.78. The zero-order valence-electron chi connectivity index (χ0n) is 12.4. The molecule has 20 heavy (non-hydrogen) atoms. The predicted octanol–water partition coefficient (Wildman–Crippen LogP) is 2.34. The molecule has 1 saturated heterocycles. The first-order valence-corrected chi connectivity index (χ1v) is 8.26. The van der Waals surface area contributed by atoms with E-state index < -0.39 is 0 Å². The first-order chi connectivity index (χ1) is 9.72. The quantitative estimate of drug-likeness (QED) is 0.791. The second-order valence-corrected chi connectivity index (χ2v) is 6.22. The molecule has 0 saturated carbocycles. The average molecular weight is 295 g/mol. The predicted molar refractivity (Wildman–Crippen MR) is 85.5 cm³/mol. The van der Waals surface area contributed by atoms with Gasteiger partial charge in [-0.15, -0.1) is 11.3 Å². The maximum atomic E-state index is 9.40. The van der Waals surface area contributed by atoms with E-state index in [2.05, 4.69) is 26.7 Å². The molecule has 2 rings (SSSR count). The molecule has 0 spiro atoms. The summed E-state index contributed by atoms with van der Waals surface area (Å²) < 4.78 is 0. The molecule has 1 aromatic heterocycles. The first-order valence-electron chi connectivity index (χ1n) is 7.38. The van der Waals surface area contributed by atoms with Crippen LogP contribution in [0.3, 0.4) is 0 Å². The van der Waals surface area contributed by atoms with Crippen molar-refractivity contribution in [3.05, 3.63) is 23.2 Å². The van der Waals surface area contributed by atoms with Crippen LogP contribution in [-0.2, 0) is 0 Å². The molecule has 0 amide bonds. The fourth-order valence-electron chi connectivity index (χ4n) is 2.55. The third kappa shape index (κ3) is 4.30. The summed E-state index contributed by atoms with van der Waals surface area (Å²) in [6.07, 6.45) is 7.29. The number of allylic oxidation sites excluding steroid dienone is 1. The zero-order valence-corrected chi connectivity index (χ0v) is 13.2. The lowest BCUT2D eigenvalue weighted by molar-refractivity contribution is 0.224. The average Bonchev–Trinajstić information content (AvgIpc) is 2.90. The Morgan fingerprint density at radius 1 is 1.55 bits per heavy atom. The van der Waals surface area contributed by atoms with Crippen LogP contribution in [0, 0.1) is 6.92 Å². The van der Waals surface area contributed by atoms with E-state index >= 15 is 0 Å². The minimum Gasteiger partial charge on any atom is -0.395 e. The van der Waals surface area contributed by atoms with E-state index in [9.17, 15) is 5.11 Å². The number of rotatable bonds is 6. The minimum absolute atomic E-state index is 0.185. The van der Waals surface area contributed by atoms with E-state index in [4.69, 9.17) is 0 Å². The molecule has 4 nitrogen and oxygen atoms in total. The van der Waals surface area contributed by atoms with Gasteiger partial charge in [0.25, 0.3) is 0 Å². The molecule has 5 heteroatoms. The fourth-order valence-corrected chi connectivity index (χ4v) is 3.41. The Labute approximate surface area is 125 Å². The number of nitrogens with zero attached hydrogens (tertiary/aromatic N) is 2. The van der Waals surface area contributed by atoms with Gasteiger partial charge in [-0.25, -0.2) is 4.98 Å². The third-order valence-corrected chi connectivity index (χ3v) is 4.74. The number of hydrogen-bond acceptors (Lipinski definition) is 5. The van der Waals surface area contributed by atoms with Gasteiger partial charge < -0.3 is 15.3 Å². The molecule has 2 heterocycles. The highest BCUT2D eigenvalue weighted by atomic mass is 32.1. The SMILES string of the molecule is CC=CCC(CO)NC1CCN(c2nc(C)cs2)CC1. The number of nitrogens with one attached hydrogen (secondary N) is 1. The lowest BCUT2D eigenvalue weighted by atomic mass is 10.0. The molecule has 1 aromatic rings. The van der Waals surface area contributed by atoms with Crippen LogP contribution in [0.2, 0.25) is 0 Å². The number of aromatic nitrogens is 1. The van der Waals surface area contributed by atoms with Crippen molar-refractivity contribution >= 4 is 16.5 Å². The van der Waals surface area contributed by atoms with E-state index in [-0.39, 0.29) is 12.6 Å². The normalized spacial score (nSPS) is 18.9. The number of thiazole rings is 1. The van der Waals surface area contributed by atoms with Crippen LogP contribution in [0.5, 0.6) is 0 Å². The largest absolute Gasteiger partial charge is 0.395 e. The summed E-state index contributed by atoms with van der Waals surface area (Å²) >= 11 is 1.73. The summed E-state index contributed by atoms with van der Waals surface area (Å²) in [6.45, 7) is 6.36. The third-order valence-electron chi connectivity index (χ3n) is 3.72. The number of piperidine rings is 1. The van der Waals surface area contributed by atoms with E-state index in [1.54, 1.807) is 11.3 Å². The van der Waals surface area contributed by atoms with Gasteiger partial charge in [0.2, 0.25) is 0 Å². The van der Waals surface area contributed by atoms with Crippen LogP contribution >= 0.6 is 11.3 Å². The number of hydrogen-bond donors (Lipinski definition) is 2. The van der Waals surface area contributed by atoms with Gasteiger partial charge in [0, 0.05) is 30.6 Å². The summed E-state index contributed by atoms with van der Waals surface area (Å²) in [5.74, 6) is 0. The van der Waals surface area contributed by atoms with Crippen LogP contribution in [0.4, 0.5) is 5.13 Å². The molecule has 1 aliphatic heterocycles. The van der Waals surface area contributed by atoms with E-state index in [1.165, 1.54) is 0 Å². The molecule has 0 radical (unpaired) electrons. The van der Waals surface area contributed by atoms with Crippen LogP contribution in [0.15, 0.2) is 17.5 Å². The topological polar surface area (TPSA) is 48.4 Å². The molecule has 112 valence electrons. The maximum absolute atomic E-state index is 9.40. The van der Waals surface area contributed by atoms with Gasteiger partial charge in [0.1, 0.15) is 0 Å². The van der Waals surface area contributed by atoms with Crippen LogP contribution in [0.1, 0.15) is 31.9 Å². The molecule has 0 aliphatic carbocycles. The van der Waals surface area contributed by atoms with Gasteiger partial charge in [-0.3, -0.25) is 0 Å². The Hall–Kier alpha value is -0.910. The highest BCUT2D eigenvalue weighted by Gasteiger charge is 2.22. The second kappa shape index (κ2) is 7.76. The molecule has 1 unspecified atom stereocenters. The summed E-state index contributed by atoms with van der Waals surface area (Å²) in [4.78, 5) is 6.92. The number of aliphatic hydroxyl groups excluding tert-OH is 1. The van der Waals surface area contributed by atoms with Gasteiger partial charge in [-0.05, 0) is 33.1 Å². The number of aliphatic hydroxyl groups is 1. The molecular weight excluding hydrogens is 270 g/mol. The van der Waals surface area contributed by atoms with Gasteiger partial charge in [0.05, 0.1) is 12.3 Å². The molecule has 2 N–H and O–H groups in total. The monoisotopic (exact) mass is 295 g/mol. The molecule has 1 fully saturated rings. The highest BCUT2D eigenvalue weighted by Crippen LogP contribution is 2.24. The lowest BCUT2D eigenvalue weighted by Crippen LogP contribution is -2.47. The van der Waals surface area contributed by atoms with Crippen molar-refractivity contribution in [2.75, 3.05) is 24.6 Å². The highest BCUT2D eigenvalue weighted by molar-refractivity contribution is 7.13. The van der Waals surface area contributed by atoms with Crippen molar-refractivity contribution in [2.45, 2.75) is 45.2 Å². The molecular formula is C15H25N3OS. The Bertz CT molecular complexity index is 425. The minimum atomic E-state index is 0.185. The van der Waals surface area contributed by atoms with Crippen molar-refractivity contribution in [3.8, 4) is 0 Å². The zero-order chi connectivity index (χ0) is 14.4. The van der Waals surface area contributed by atoms with Gasteiger partial charge in [0.15, 0.2) is 5.13 Å². The molecule has 0 bridgehead atoms. The van der Waals surface area contributed by atoms with Gasteiger partial charge in [-0.2, -0.15) is 0 Å². The van der Waals surface area contributed by atoms with E-state index in [0.29, 0.717) is 6.04 Å². The van der Waals surface area contributed by atoms with Crippen molar-refractivity contribution in [1.29, 1.82) is 0 Å². The fraction of sp³-hybridized carbons (Fsp3) is 0.667. The van der Waals surface area contributed by atoms with Crippen molar-refractivity contribution < 1.29 is 5.11 Å². The molecule has 1 atom stereocenters. The Morgan fingerprint density at radius 3 is 2.85 bits per heavy atom. The lowest BCUT2D eigenvalue weighted by Gasteiger charge is -2.34. The smallest absolute Gasteiger partial charge is 0.185 e. The summed E-state index contributed by atoms with van der Waals surface area (Å²) in [5, 5.41) is 16.2. The van der Waals surface area contributed by atoms with Crippen molar-refractivity contribution in [2.24, 2.45) is 0 Å². The van der Waals surface area contributed by atoms with Crippen LogP contribution < -0.4 is 10.2 Å². The van der Waals surface area contributed by atoms with Gasteiger partial charge in [-0.1, -0.05) is 12.2 Å². The van der Waals surface area contributed by atoms with E-state index in [1.807, 2.05) is 19.9 Å². The van der Waals surface area contributed by atoms with Crippen LogP contribution in [-0.4, -0.2) is 41.9 Å². The number of aryl methyl sites for hydroxylation is 1. The van der Waals surface area contributed by atoms with Gasteiger partial charge >= 0.3 is 0 Å². The Kier molecular flexibility index (Phi) is 6.01. The van der Waals surface area contributed by atoms with Crippen LogP contribution in [0.25, 0.3) is 0 Å². The second-order valence-electron chi connectivity index (χ2n) is 5.38. The van der Waals surface area contributed by atoms with Crippen molar-refractivity contribution in [1.82, 2.24) is 10.3 Å². The van der Waals surface area contributed by atoms with Crippen molar-refractivity contribution in [3.63, 3.8) is 0 Å². The summed E-state index contributed by atoms with van der Waals surface area (Å²) in [6, 6.07) is 0.694. The first kappa shape index (κ1) is 15.5. The number of anilines is 1. The summed E-state index contributed by atoms with van der Waals surface area (Å²) in [5.41, 5.74) is 1.11. The van der Waals surface area contributed by atoms with E-state index in [0.717, 1.165) is 43.2 Å². The maximum Gasteiger partial charge on any atom is 0.185 e. The summed E-state index contributed by atoms with van der Waals surface area (Å²) in [7, 11) is 0. The Morgan fingerprint density at radius 2 is 2.30 bits per heavy atom. The standard InChI is InChI=1S/C15H25N3OS/c1-3-4-5-14(10-19)17-13-6-8-18(9-7-13)15-16-12(2)11-20-15/h3-4,11,13-14,17,19H,5-10H2,1-2H3.